The molecule has 9 heteroatoms. The molecule has 0 aliphatic carbocycles. The minimum Gasteiger partial charge on any atom is -0.394 e. The molecular formula is C15H24N4O5. The predicted octanol–water partition coefficient (Wildman–Crippen LogP) is -2.15. The summed E-state index contributed by atoms with van der Waals surface area (Å²) in [5.74, 6) is -1.94. The van der Waals surface area contributed by atoms with Crippen molar-refractivity contribution in [1.29, 1.82) is 0 Å². The van der Waals surface area contributed by atoms with Gasteiger partial charge in [-0.15, -0.1) is 0 Å². The molecule has 5 N–H and O–H groups in total. The molecule has 134 valence electrons. The first kappa shape index (κ1) is 18.3. The van der Waals surface area contributed by atoms with Crippen LogP contribution in [-0.2, 0) is 19.2 Å². The van der Waals surface area contributed by atoms with Gasteiger partial charge in [-0.25, -0.2) is 0 Å². The van der Waals surface area contributed by atoms with Crippen LogP contribution in [0.5, 0.6) is 0 Å². The molecule has 2 saturated heterocycles. The molecule has 2 heterocycles. The molecule has 0 bridgehead atoms. The number of imide groups is 1. The Kier molecular flexibility index (Phi) is 5.89. The zero-order valence-electron chi connectivity index (χ0n) is 13.7. The Morgan fingerprint density at radius 2 is 2.08 bits per heavy atom. The number of nitrogens with zero attached hydrogens (tertiary/aromatic N) is 1. The summed E-state index contributed by atoms with van der Waals surface area (Å²) in [4.78, 5) is 49.5. The number of nitrogens with two attached hydrogens (primary N) is 1. The Labute approximate surface area is 139 Å². The topological polar surface area (TPSA) is 142 Å². The molecule has 2 fully saturated rings. The Hall–Kier alpha value is -2.00. The van der Waals surface area contributed by atoms with Crippen molar-refractivity contribution in [3.8, 4) is 0 Å². The van der Waals surface area contributed by atoms with Crippen LogP contribution >= 0.6 is 0 Å². The Balaban J connectivity index is 1.99. The molecule has 24 heavy (non-hydrogen) atoms. The molecule has 0 spiro atoms. The zero-order valence-corrected chi connectivity index (χ0v) is 13.7. The lowest BCUT2D eigenvalue weighted by Gasteiger charge is -2.30. The third kappa shape index (κ3) is 3.90. The van der Waals surface area contributed by atoms with Gasteiger partial charge in [0.15, 0.2) is 0 Å². The van der Waals surface area contributed by atoms with Crippen LogP contribution in [0.1, 0.15) is 32.6 Å². The van der Waals surface area contributed by atoms with Gasteiger partial charge < -0.3 is 21.1 Å². The minimum atomic E-state index is -1.08. The Morgan fingerprint density at radius 1 is 1.38 bits per heavy atom. The van der Waals surface area contributed by atoms with Crippen LogP contribution in [0.25, 0.3) is 0 Å². The van der Waals surface area contributed by atoms with E-state index >= 15 is 0 Å². The fourth-order valence-electron chi connectivity index (χ4n) is 3.11. The van der Waals surface area contributed by atoms with E-state index in [0.29, 0.717) is 32.2 Å². The van der Waals surface area contributed by atoms with E-state index in [0.717, 1.165) is 0 Å². The number of piperidine rings is 1. The van der Waals surface area contributed by atoms with E-state index in [4.69, 9.17) is 10.8 Å². The normalized spacial score (nSPS) is 28.2. The van der Waals surface area contributed by atoms with Gasteiger partial charge >= 0.3 is 0 Å². The highest BCUT2D eigenvalue weighted by Gasteiger charge is 2.38. The van der Waals surface area contributed by atoms with E-state index < -0.39 is 42.5 Å². The molecule has 2 aliphatic rings. The number of hydrogen-bond donors (Lipinski definition) is 4. The fraction of sp³-hybridized carbons (Fsp3) is 0.733. The minimum absolute atomic E-state index is 0.0698. The summed E-state index contributed by atoms with van der Waals surface area (Å²) in [7, 11) is 0. The molecule has 4 amide bonds. The molecule has 2 aliphatic heterocycles. The number of carbonyl (C=O) groups is 4. The highest BCUT2D eigenvalue weighted by atomic mass is 16.3. The van der Waals surface area contributed by atoms with Gasteiger partial charge in [0.25, 0.3) is 0 Å². The van der Waals surface area contributed by atoms with E-state index in [1.165, 1.54) is 4.90 Å². The predicted molar refractivity (Wildman–Crippen MR) is 83.3 cm³/mol. The largest absolute Gasteiger partial charge is 0.394 e. The van der Waals surface area contributed by atoms with Crippen molar-refractivity contribution in [3.05, 3.63) is 0 Å². The first-order valence-corrected chi connectivity index (χ1v) is 8.16. The maximum atomic E-state index is 12.4. The highest BCUT2D eigenvalue weighted by molar-refractivity contribution is 6.03. The van der Waals surface area contributed by atoms with Crippen LogP contribution < -0.4 is 16.4 Å². The summed E-state index contributed by atoms with van der Waals surface area (Å²) < 4.78 is 0. The van der Waals surface area contributed by atoms with E-state index in [2.05, 4.69) is 10.6 Å². The van der Waals surface area contributed by atoms with Gasteiger partial charge in [0.1, 0.15) is 18.1 Å². The van der Waals surface area contributed by atoms with Crippen LogP contribution in [0.2, 0.25) is 0 Å². The quantitative estimate of drug-likeness (QED) is 0.430. The molecule has 2 rings (SSSR count). The third-order valence-corrected chi connectivity index (χ3v) is 4.59. The van der Waals surface area contributed by atoms with Gasteiger partial charge in [0, 0.05) is 13.0 Å². The number of aliphatic hydroxyl groups excluding tert-OH is 1. The lowest BCUT2D eigenvalue weighted by Crippen LogP contribution is -2.57. The third-order valence-electron chi connectivity index (χ3n) is 4.59. The van der Waals surface area contributed by atoms with Gasteiger partial charge in [-0.05, 0) is 25.2 Å². The second-order valence-corrected chi connectivity index (χ2v) is 6.39. The van der Waals surface area contributed by atoms with Crippen LogP contribution in [0, 0.1) is 5.92 Å². The molecular weight excluding hydrogens is 316 g/mol. The maximum Gasteiger partial charge on any atom is 0.249 e. The molecule has 0 aromatic heterocycles. The molecule has 2 unspecified atom stereocenters. The van der Waals surface area contributed by atoms with Gasteiger partial charge in [-0.2, -0.15) is 0 Å². The maximum absolute atomic E-state index is 12.4. The van der Waals surface area contributed by atoms with E-state index in [-0.39, 0.29) is 11.8 Å². The van der Waals surface area contributed by atoms with Crippen molar-refractivity contribution in [2.45, 2.75) is 50.7 Å². The number of rotatable bonds is 4. The van der Waals surface area contributed by atoms with Gasteiger partial charge in [-0.1, -0.05) is 6.92 Å². The van der Waals surface area contributed by atoms with Gasteiger partial charge in [0.05, 0.1) is 6.61 Å². The van der Waals surface area contributed by atoms with E-state index in [1.54, 1.807) is 0 Å². The molecule has 9 nitrogen and oxygen atoms in total. The number of nitrogens with one attached hydrogen (secondary N) is 2. The van der Waals surface area contributed by atoms with E-state index in [1.807, 2.05) is 6.92 Å². The number of aliphatic hydroxyl groups is 1. The molecule has 0 aromatic carbocycles. The number of hydrogen-bond acceptors (Lipinski definition) is 6. The standard InChI is InChI=1S/C15H24N4O5/c1-8-4-5-11(21)17-12(8)14(23)18-13(22)10-3-2-6-19(10)15(24)9(16)7-20/h8-10,12,20H,2-7,16H2,1H3,(H,17,21)(H,18,22,23)/t8?,9-,10-,12?/m0/s1. The van der Waals surface area contributed by atoms with Crippen LogP contribution in [-0.4, -0.2) is 64.9 Å². The van der Waals surface area contributed by atoms with Crippen molar-refractivity contribution in [1.82, 2.24) is 15.5 Å². The van der Waals surface area contributed by atoms with Crippen LogP contribution in [0.15, 0.2) is 0 Å². The van der Waals surface area contributed by atoms with Gasteiger partial charge in [0.2, 0.25) is 23.6 Å². The molecule has 0 radical (unpaired) electrons. The van der Waals surface area contributed by atoms with Crippen molar-refractivity contribution < 1.29 is 24.3 Å². The average molecular weight is 340 g/mol. The van der Waals surface area contributed by atoms with Crippen molar-refractivity contribution in [3.63, 3.8) is 0 Å². The number of carbonyl (C=O) groups excluding carboxylic acids is 4. The molecule has 0 aromatic rings. The summed E-state index contributed by atoms with van der Waals surface area (Å²) in [6.07, 6.45) is 1.99. The Bertz CT molecular complexity index is 538. The van der Waals surface area contributed by atoms with Crippen molar-refractivity contribution >= 4 is 23.6 Å². The zero-order chi connectivity index (χ0) is 17.9. The van der Waals surface area contributed by atoms with Gasteiger partial charge in [-0.3, -0.25) is 24.5 Å². The highest BCUT2D eigenvalue weighted by Crippen LogP contribution is 2.19. The summed E-state index contributed by atoms with van der Waals surface area (Å²) in [5, 5.41) is 13.9. The average Bonchev–Trinajstić information content (AvgIpc) is 3.05. The SMILES string of the molecule is CC1CCC(=O)NC1C(=O)NC(=O)[C@@H]1CCCN1C(=O)[C@@H](N)CO. The van der Waals surface area contributed by atoms with Crippen LogP contribution in [0.4, 0.5) is 0 Å². The van der Waals surface area contributed by atoms with E-state index in [9.17, 15) is 19.2 Å². The van der Waals surface area contributed by atoms with Crippen LogP contribution in [0.3, 0.4) is 0 Å². The lowest BCUT2D eigenvalue weighted by molar-refractivity contribution is -0.143. The fourth-order valence-corrected chi connectivity index (χ4v) is 3.11. The second-order valence-electron chi connectivity index (χ2n) is 6.39. The first-order valence-electron chi connectivity index (χ1n) is 8.16. The van der Waals surface area contributed by atoms with Crippen molar-refractivity contribution in [2.75, 3.05) is 13.2 Å². The molecule has 4 atom stereocenters. The summed E-state index contributed by atoms with van der Waals surface area (Å²) in [6, 6.07) is -2.61. The monoisotopic (exact) mass is 340 g/mol. The number of amides is 4. The second kappa shape index (κ2) is 7.71. The summed E-state index contributed by atoms with van der Waals surface area (Å²) in [6.45, 7) is 1.68. The first-order chi connectivity index (χ1) is 11.3. The molecule has 0 saturated carbocycles. The lowest BCUT2D eigenvalue weighted by atomic mass is 9.91. The Morgan fingerprint density at radius 3 is 2.75 bits per heavy atom. The number of likely N-dealkylation sites (tertiary alicyclic amines) is 1. The smallest absolute Gasteiger partial charge is 0.249 e. The summed E-state index contributed by atoms with van der Waals surface area (Å²) >= 11 is 0. The summed E-state index contributed by atoms with van der Waals surface area (Å²) in [5.41, 5.74) is 5.52. The van der Waals surface area contributed by atoms with Crippen molar-refractivity contribution in [2.24, 2.45) is 11.7 Å².